The van der Waals surface area contributed by atoms with Gasteiger partial charge in [0.2, 0.25) is 0 Å². The standard InChI is InChI=1S/C23H26N6O/c1-13-10-29(11-14(2)25-13)18-7-16-5-6-20(26-23(16)24-9-18)19-8-17-12-28(4)27-21(17)15(3)22(19)30/h5-9,12-14,25,30H,10-11H2,1-4H3. The van der Waals surface area contributed by atoms with Gasteiger partial charge >= 0.3 is 0 Å². The lowest BCUT2D eigenvalue weighted by Gasteiger charge is -2.37. The van der Waals surface area contributed by atoms with Crippen LogP contribution in [0.5, 0.6) is 5.75 Å². The molecule has 154 valence electrons. The van der Waals surface area contributed by atoms with E-state index in [1.54, 1.807) is 4.68 Å². The van der Waals surface area contributed by atoms with Gasteiger partial charge in [0, 0.05) is 60.3 Å². The molecule has 7 nitrogen and oxygen atoms in total. The molecule has 2 unspecified atom stereocenters. The smallest absolute Gasteiger partial charge is 0.159 e. The number of piperazine rings is 1. The Kier molecular flexibility index (Phi) is 4.36. The summed E-state index contributed by atoms with van der Waals surface area (Å²) in [5.74, 6) is 0.216. The fourth-order valence-corrected chi connectivity index (χ4v) is 4.50. The maximum absolute atomic E-state index is 10.8. The van der Waals surface area contributed by atoms with E-state index in [9.17, 15) is 5.11 Å². The third-order valence-corrected chi connectivity index (χ3v) is 5.85. The number of rotatable bonds is 2. The maximum Gasteiger partial charge on any atom is 0.159 e. The summed E-state index contributed by atoms with van der Waals surface area (Å²) in [6.07, 6.45) is 3.85. The minimum atomic E-state index is 0.216. The van der Waals surface area contributed by atoms with Gasteiger partial charge in [-0.05, 0) is 45.0 Å². The first-order valence-corrected chi connectivity index (χ1v) is 10.3. The van der Waals surface area contributed by atoms with Crippen LogP contribution in [0.15, 0.2) is 36.7 Å². The van der Waals surface area contributed by atoms with Crippen LogP contribution in [0.2, 0.25) is 0 Å². The normalized spacial score (nSPS) is 19.7. The number of nitrogens with zero attached hydrogens (tertiary/aromatic N) is 5. The second-order valence-electron chi connectivity index (χ2n) is 8.45. The Morgan fingerprint density at radius 2 is 1.87 bits per heavy atom. The molecule has 4 heterocycles. The minimum absolute atomic E-state index is 0.216. The number of fused-ring (bicyclic) bond motifs is 2. The van der Waals surface area contributed by atoms with Gasteiger partial charge in [0.05, 0.1) is 23.1 Å². The lowest BCUT2D eigenvalue weighted by Crippen LogP contribution is -2.54. The molecule has 3 aromatic heterocycles. The van der Waals surface area contributed by atoms with E-state index in [0.29, 0.717) is 29.0 Å². The summed E-state index contributed by atoms with van der Waals surface area (Å²) in [6.45, 7) is 8.22. The van der Waals surface area contributed by atoms with Crippen molar-refractivity contribution < 1.29 is 5.11 Å². The van der Waals surface area contributed by atoms with Crippen LogP contribution in [-0.2, 0) is 7.05 Å². The lowest BCUT2D eigenvalue weighted by molar-refractivity contribution is 0.407. The van der Waals surface area contributed by atoms with Crippen molar-refractivity contribution in [2.75, 3.05) is 18.0 Å². The van der Waals surface area contributed by atoms with E-state index in [2.05, 4.69) is 40.2 Å². The van der Waals surface area contributed by atoms with Gasteiger partial charge in [0.1, 0.15) is 5.75 Å². The quantitative estimate of drug-likeness (QED) is 0.535. The number of phenols is 1. The SMILES string of the molecule is Cc1c(O)c(-c2ccc3cc(N4CC(C)NC(C)C4)cnc3n2)cc2cn(C)nc12. The highest BCUT2D eigenvalue weighted by Crippen LogP contribution is 2.36. The van der Waals surface area contributed by atoms with Crippen molar-refractivity contribution in [3.8, 4) is 17.0 Å². The molecule has 2 N–H and O–H groups in total. The van der Waals surface area contributed by atoms with Gasteiger partial charge in [-0.3, -0.25) is 4.68 Å². The molecular weight excluding hydrogens is 376 g/mol. The predicted octanol–water partition coefficient (Wildman–Crippen LogP) is 3.38. The fraction of sp³-hybridized carbons (Fsp3) is 0.348. The molecule has 1 aliphatic rings. The summed E-state index contributed by atoms with van der Waals surface area (Å²) in [4.78, 5) is 11.8. The molecule has 0 radical (unpaired) electrons. The number of anilines is 1. The van der Waals surface area contributed by atoms with Crippen LogP contribution in [0.4, 0.5) is 5.69 Å². The summed E-state index contributed by atoms with van der Waals surface area (Å²) in [7, 11) is 1.88. The Morgan fingerprint density at radius 1 is 1.10 bits per heavy atom. The molecule has 0 amide bonds. The van der Waals surface area contributed by atoms with Crippen molar-refractivity contribution in [2.24, 2.45) is 7.05 Å². The molecule has 1 aromatic carbocycles. The monoisotopic (exact) mass is 402 g/mol. The summed E-state index contributed by atoms with van der Waals surface area (Å²) >= 11 is 0. The highest BCUT2D eigenvalue weighted by atomic mass is 16.3. The van der Waals surface area contributed by atoms with Gasteiger partial charge in [0.25, 0.3) is 0 Å². The highest BCUT2D eigenvalue weighted by Gasteiger charge is 2.22. The third-order valence-electron chi connectivity index (χ3n) is 5.85. The molecule has 1 saturated heterocycles. The van der Waals surface area contributed by atoms with Gasteiger partial charge in [-0.25, -0.2) is 9.97 Å². The Morgan fingerprint density at radius 3 is 2.63 bits per heavy atom. The van der Waals surface area contributed by atoms with Gasteiger partial charge in [-0.2, -0.15) is 5.10 Å². The fourth-order valence-electron chi connectivity index (χ4n) is 4.50. The molecule has 2 atom stereocenters. The molecule has 4 aromatic rings. The first kappa shape index (κ1) is 18.8. The van der Waals surface area contributed by atoms with Crippen molar-refractivity contribution >= 4 is 27.6 Å². The van der Waals surface area contributed by atoms with E-state index in [1.807, 2.05) is 44.6 Å². The molecule has 1 aliphatic heterocycles. The number of hydrogen-bond acceptors (Lipinski definition) is 6. The van der Waals surface area contributed by atoms with Crippen molar-refractivity contribution in [2.45, 2.75) is 32.9 Å². The molecule has 7 heteroatoms. The lowest BCUT2D eigenvalue weighted by atomic mass is 10.0. The average Bonchev–Trinajstić information content (AvgIpc) is 3.10. The van der Waals surface area contributed by atoms with Crippen LogP contribution < -0.4 is 10.2 Å². The first-order chi connectivity index (χ1) is 14.4. The van der Waals surface area contributed by atoms with Crippen molar-refractivity contribution in [3.63, 3.8) is 0 Å². The van der Waals surface area contributed by atoms with E-state index in [1.165, 1.54) is 0 Å². The highest BCUT2D eigenvalue weighted by molar-refractivity contribution is 5.91. The zero-order valence-electron chi connectivity index (χ0n) is 17.7. The Hall–Kier alpha value is -3.19. The van der Waals surface area contributed by atoms with Gasteiger partial charge < -0.3 is 15.3 Å². The largest absolute Gasteiger partial charge is 0.507 e. The number of benzene rings is 1. The number of pyridine rings is 2. The topological polar surface area (TPSA) is 79.1 Å². The Labute approximate surface area is 175 Å². The number of aryl methyl sites for hydroxylation is 2. The van der Waals surface area contributed by atoms with E-state index in [-0.39, 0.29) is 5.75 Å². The summed E-state index contributed by atoms with van der Waals surface area (Å²) in [5, 5.41) is 20.7. The molecule has 1 fully saturated rings. The van der Waals surface area contributed by atoms with E-state index in [4.69, 9.17) is 4.98 Å². The van der Waals surface area contributed by atoms with Crippen molar-refractivity contribution in [1.29, 1.82) is 0 Å². The van der Waals surface area contributed by atoms with Crippen molar-refractivity contribution in [3.05, 3.63) is 42.2 Å². The van der Waals surface area contributed by atoms with Crippen LogP contribution in [0, 0.1) is 6.92 Å². The summed E-state index contributed by atoms with van der Waals surface area (Å²) in [6, 6.07) is 8.96. The summed E-state index contributed by atoms with van der Waals surface area (Å²) < 4.78 is 1.76. The maximum atomic E-state index is 10.8. The van der Waals surface area contributed by atoms with Crippen LogP contribution in [0.3, 0.4) is 0 Å². The molecule has 30 heavy (non-hydrogen) atoms. The number of hydrogen-bond donors (Lipinski definition) is 2. The molecule has 0 aliphatic carbocycles. The van der Waals surface area contributed by atoms with Crippen LogP contribution in [0.1, 0.15) is 19.4 Å². The molecule has 0 bridgehead atoms. The van der Waals surface area contributed by atoms with Crippen LogP contribution >= 0.6 is 0 Å². The van der Waals surface area contributed by atoms with E-state index < -0.39 is 0 Å². The van der Waals surface area contributed by atoms with Crippen LogP contribution in [-0.4, -0.2) is 50.0 Å². The van der Waals surface area contributed by atoms with Gasteiger partial charge in [0.15, 0.2) is 5.65 Å². The molecule has 0 saturated carbocycles. The Bertz CT molecular complexity index is 1250. The van der Waals surface area contributed by atoms with Gasteiger partial charge in [-0.15, -0.1) is 0 Å². The predicted molar refractivity (Wildman–Crippen MR) is 120 cm³/mol. The zero-order valence-corrected chi connectivity index (χ0v) is 17.7. The molecule has 5 rings (SSSR count). The van der Waals surface area contributed by atoms with Crippen molar-refractivity contribution in [1.82, 2.24) is 25.1 Å². The number of aromatic hydroxyl groups is 1. The molecule has 0 spiro atoms. The van der Waals surface area contributed by atoms with E-state index >= 15 is 0 Å². The van der Waals surface area contributed by atoms with Crippen LogP contribution in [0.25, 0.3) is 33.2 Å². The second-order valence-corrected chi connectivity index (χ2v) is 8.45. The number of phenolic OH excluding ortho intramolecular Hbond substituents is 1. The third kappa shape index (κ3) is 3.15. The Balaban J connectivity index is 1.55. The zero-order chi connectivity index (χ0) is 21.0. The number of nitrogens with one attached hydrogen (secondary N) is 1. The molecular formula is C23H26N6O. The first-order valence-electron chi connectivity index (χ1n) is 10.3. The number of aromatic nitrogens is 4. The summed E-state index contributed by atoms with van der Waals surface area (Å²) in [5.41, 5.74) is 4.77. The average molecular weight is 403 g/mol. The van der Waals surface area contributed by atoms with E-state index in [0.717, 1.165) is 40.6 Å². The van der Waals surface area contributed by atoms with Gasteiger partial charge in [-0.1, -0.05) is 0 Å². The minimum Gasteiger partial charge on any atom is -0.507 e. The second kappa shape index (κ2) is 6.95.